The Hall–Kier alpha value is -1.63. The van der Waals surface area contributed by atoms with Gasteiger partial charge in [0.15, 0.2) is 0 Å². The summed E-state index contributed by atoms with van der Waals surface area (Å²) in [6.07, 6.45) is 2.08. The van der Waals surface area contributed by atoms with E-state index in [9.17, 15) is 9.59 Å². The molecule has 98 valence electrons. The number of pyridine rings is 1. The fourth-order valence-electron chi connectivity index (χ4n) is 1.24. The zero-order valence-electron chi connectivity index (χ0n) is 9.86. The van der Waals surface area contributed by atoms with Crippen LogP contribution in [0.3, 0.4) is 0 Å². The van der Waals surface area contributed by atoms with Crippen LogP contribution in [0.2, 0.25) is 0 Å². The number of aliphatic carboxylic acids is 1. The van der Waals surface area contributed by atoms with Crippen LogP contribution in [0.25, 0.3) is 0 Å². The normalized spacial score (nSPS) is 9.89. The number of carbonyl (C=O) groups is 2. The van der Waals surface area contributed by atoms with Crippen LogP contribution in [-0.4, -0.2) is 28.6 Å². The molecule has 0 atom stereocenters. The van der Waals surface area contributed by atoms with E-state index in [1.807, 2.05) is 0 Å². The molecule has 0 saturated carbocycles. The van der Waals surface area contributed by atoms with Crippen molar-refractivity contribution in [2.24, 2.45) is 0 Å². The Kier molecular flexibility index (Phi) is 5.57. The summed E-state index contributed by atoms with van der Waals surface area (Å²) < 4.78 is 0.772. The minimum Gasteiger partial charge on any atom is -0.481 e. The number of nitrogens with one attached hydrogen (secondary N) is 2. The molecule has 6 nitrogen and oxygen atoms in total. The second kappa shape index (κ2) is 6.95. The standard InChI is InChI=1S/C11H14BrN3O3/c1-7-9(5-8(12)6-14-7)15-11(18)13-4-2-3-10(16)17/h5-6H,2-4H2,1H3,(H,16,17)(H2,13,15,18). The van der Waals surface area contributed by atoms with E-state index in [2.05, 4.69) is 31.5 Å². The summed E-state index contributed by atoms with van der Waals surface area (Å²) in [5.41, 5.74) is 1.32. The fraction of sp³-hybridized carbons (Fsp3) is 0.364. The zero-order chi connectivity index (χ0) is 13.5. The van der Waals surface area contributed by atoms with Gasteiger partial charge in [-0.1, -0.05) is 0 Å². The van der Waals surface area contributed by atoms with Crippen LogP contribution in [0.4, 0.5) is 10.5 Å². The van der Waals surface area contributed by atoms with Gasteiger partial charge in [-0.2, -0.15) is 0 Å². The molecule has 0 radical (unpaired) electrons. The molecule has 1 aromatic heterocycles. The van der Waals surface area contributed by atoms with Gasteiger partial charge in [0.2, 0.25) is 0 Å². The summed E-state index contributed by atoms with van der Waals surface area (Å²) in [4.78, 5) is 25.9. The van der Waals surface area contributed by atoms with Crippen LogP contribution < -0.4 is 10.6 Å². The first-order valence-electron chi connectivity index (χ1n) is 5.38. The number of hydrogen-bond acceptors (Lipinski definition) is 3. The number of amides is 2. The van der Waals surface area contributed by atoms with E-state index in [-0.39, 0.29) is 12.5 Å². The highest BCUT2D eigenvalue weighted by Crippen LogP contribution is 2.17. The maximum absolute atomic E-state index is 11.5. The van der Waals surface area contributed by atoms with E-state index in [0.29, 0.717) is 24.3 Å². The first kappa shape index (κ1) is 14.4. The smallest absolute Gasteiger partial charge is 0.319 e. The summed E-state index contributed by atoms with van der Waals surface area (Å²) in [5.74, 6) is -0.871. The molecule has 0 fully saturated rings. The minimum absolute atomic E-state index is 0.0394. The molecule has 0 aromatic carbocycles. The van der Waals surface area contributed by atoms with Gasteiger partial charge in [0.05, 0.1) is 11.4 Å². The van der Waals surface area contributed by atoms with Gasteiger partial charge in [0.1, 0.15) is 0 Å². The van der Waals surface area contributed by atoms with Crippen molar-refractivity contribution in [3.63, 3.8) is 0 Å². The summed E-state index contributed by atoms with van der Waals surface area (Å²) in [6.45, 7) is 2.10. The molecule has 2 amide bonds. The van der Waals surface area contributed by atoms with Gasteiger partial charge < -0.3 is 15.7 Å². The molecule has 3 N–H and O–H groups in total. The second-order valence-electron chi connectivity index (χ2n) is 3.66. The first-order chi connectivity index (χ1) is 8.49. The SMILES string of the molecule is Cc1ncc(Br)cc1NC(=O)NCCCC(=O)O. The van der Waals surface area contributed by atoms with Crippen molar-refractivity contribution in [2.75, 3.05) is 11.9 Å². The molecule has 0 aliphatic heterocycles. The average molecular weight is 316 g/mol. The Morgan fingerprint density at radius 2 is 2.22 bits per heavy atom. The summed E-state index contributed by atoms with van der Waals surface area (Å²) in [7, 11) is 0. The lowest BCUT2D eigenvalue weighted by molar-refractivity contribution is -0.137. The number of halogens is 1. The summed E-state index contributed by atoms with van der Waals surface area (Å²) >= 11 is 3.27. The van der Waals surface area contributed by atoms with E-state index in [0.717, 1.165) is 4.47 Å². The molecule has 1 aromatic rings. The van der Waals surface area contributed by atoms with Crippen LogP contribution in [-0.2, 0) is 4.79 Å². The number of aromatic nitrogens is 1. The van der Waals surface area contributed by atoms with E-state index >= 15 is 0 Å². The Morgan fingerprint density at radius 1 is 1.50 bits per heavy atom. The highest BCUT2D eigenvalue weighted by Gasteiger charge is 2.05. The lowest BCUT2D eigenvalue weighted by atomic mass is 10.3. The van der Waals surface area contributed by atoms with Gasteiger partial charge in [-0.15, -0.1) is 0 Å². The monoisotopic (exact) mass is 315 g/mol. The van der Waals surface area contributed by atoms with Crippen LogP contribution >= 0.6 is 15.9 Å². The van der Waals surface area contributed by atoms with Crippen molar-refractivity contribution in [3.05, 3.63) is 22.4 Å². The first-order valence-corrected chi connectivity index (χ1v) is 6.17. The third kappa shape index (κ3) is 5.13. The van der Waals surface area contributed by atoms with Crippen LogP contribution in [0.1, 0.15) is 18.5 Å². The van der Waals surface area contributed by atoms with Crippen LogP contribution in [0, 0.1) is 6.92 Å². The molecule has 18 heavy (non-hydrogen) atoms. The zero-order valence-corrected chi connectivity index (χ0v) is 11.5. The number of urea groups is 1. The molecule has 0 spiro atoms. The number of carboxylic acid groups (broad SMARTS) is 1. The van der Waals surface area contributed by atoms with E-state index < -0.39 is 5.97 Å². The second-order valence-corrected chi connectivity index (χ2v) is 4.58. The molecule has 1 rings (SSSR count). The predicted octanol–water partition coefficient (Wildman–Crippen LogP) is 2.14. The minimum atomic E-state index is -0.871. The third-order valence-corrected chi connectivity index (χ3v) is 2.59. The molecule has 0 bridgehead atoms. The molecule has 1 heterocycles. The Morgan fingerprint density at radius 3 is 2.89 bits per heavy atom. The number of nitrogens with zero attached hydrogens (tertiary/aromatic N) is 1. The lowest BCUT2D eigenvalue weighted by Crippen LogP contribution is -2.30. The highest BCUT2D eigenvalue weighted by molar-refractivity contribution is 9.10. The van der Waals surface area contributed by atoms with Crippen LogP contribution in [0.5, 0.6) is 0 Å². The van der Waals surface area contributed by atoms with Crippen LogP contribution in [0.15, 0.2) is 16.7 Å². The van der Waals surface area contributed by atoms with Gasteiger partial charge in [-0.3, -0.25) is 9.78 Å². The number of hydrogen-bond donors (Lipinski definition) is 3. The number of rotatable bonds is 5. The quantitative estimate of drug-likeness (QED) is 0.726. The van der Waals surface area contributed by atoms with Crippen molar-refractivity contribution >= 4 is 33.6 Å². The van der Waals surface area contributed by atoms with Crippen molar-refractivity contribution < 1.29 is 14.7 Å². The molecular formula is C11H14BrN3O3. The van der Waals surface area contributed by atoms with E-state index in [1.165, 1.54) is 0 Å². The summed E-state index contributed by atoms with van der Waals surface area (Å²) in [5, 5.41) is 13.7. The maximum atomic E-state index is 11.5. The fourth-order valence-corrected chi connectivity index (χ4v) is 1.57. The lowest BCUT2D eigenvalue weighted by Gasteiger charge is -2.09. The van der Waals surface area contributed by atoms with Crippen molar-refractivity contribution in [1.82, 2.24) is 10.3 Å². The highest BCUT2D eigenvalue weighted by atomic mass is 79.9. The van der Waals surface area contributed by atoms with Gasteiger partial charge in [0, 0.05) is 23.6 Å². The van der Waals surface area contributed by atoms with Crippen molar-refractivity contribution in [3.8, 4) is 0 Å². The number of anilines is 1. The topological polar surface area (TPSA) is 91.3 Å². The van der Waals surface area contributed by atoms with E-state index in [1.54, 1.807) is 19.2 Å². The van der Waals surface area contributed by atoms with Gasteiger partial charge in [-0.25, -0.2) is 4.79 Å². The Labute approximate surface area is 113 Å². The third-order valence-electron chi connectivity index (χ3n) is 2.15. The number of carbonyl (C=O) groups excluding carboxylic acids is 1. The van der Waals surface area contributed by atoms with E-state index in [4.69, 9.17) is 5.11 Å². The number of aryl methyl sites for hydroxylation is 1. The molecule has 0 unspecified atom stereocenters. The molecule has 0 aliphatic carbocycles. The van der Waals surface area contributed by atoms with Gasteiger partial charge in [-0.05, 0) is 35.3 Å². The molecule has 0 aliphatic rings. The number of carboxylic acids is 1. The Balaban J connectivity index is 2.40. The van der Waals surface area contributed by atoms with Gasteiger partial charge >= 0.3 is 12.0 Å². The molecular weight excluding hydrogens is 302 g/mol. The van der Waals surface area contributed by atoms with Gasteiger partial charge in [0.25, 0.3) is 0 Å². The Bertz CT molecular complexity index is 451. The summed E-state index contributed by atoms with van der Waals surface area (Å²) in [6, 6.07) is 1.38. The molecule has 7 heteroatoms. The largest absolute Gasteiger partial charge is 0.481 e. The maximum Gasteiger partial charge on any atom is 0.319 e. The predicted molar refractivity (Wildman–Crippen MR) is 70.6 cm³/mol. The molecule has 0 saturated heterocycles. The average Bonchev–Trinajstić information content (AvgIpc) is 2.29. The van der Waals surface area contributed by atoms with Crippen molar-refractivity contribution in [2.45, 2.75) is 19.8 Å². The van der Waals surface area contributed by atoms with Crippen molar-refractivity contribution in [1.29, 1.82) is 0 Å².